The van der Waals surface area contributed by atoms with Gasteiger partial charge in [-0.05, 0) is 37.3 Å². The van der Waals surface area contributed by atoms with E-state index < -0.39 is 11.9 Å². The molecule has 1 aromatic carbocycles. The zero-order valence-corrected chi connectivity index (χ0v) is 14.3. The fraction of sp³-hybridized carbons (Fsp3) is 0.278. The number of nitrogens with one attached hydrogen (secondary N) is 1. The molecule has 0 radical (unpaired) electrons. The highest BCUT2D eigenvalue weighted by Crippen LogP contribution is 2.29. The van der Waals surface area contributed by atoms with Crippen LogP contribution in [0.3, 0.4) is 0 Å². The van der Waals surface area contributed by atoms with Crippen LogP contribution in [0, 0.1) is 0 Å². The minimum Gasteiger partial charge on any atom is -0.497 e. The molecule has 0 aliphatic rings. The summed E-state index contributed by atoms with van der Waals surface area (Å²) in [6.07, 6.45) is 2.93. The molecular weight excluding hydrogens is 324 g/mol. The molecule has 132 valence electrons. The van der Waals surface area contributed by atoms with Crippen molar-refractivity contribution >= 4 is 11.9 Å². The fourth-order valence-electron chi connectivity index (χ4n) is 2.24. The van der Waals surface area contributed by atoms with Crippen LogP contribution in [0.2, 0.25) is 0 Å². The molecule has 0 saturated heterocycles. The van der Waals surface area contributed by atoms with Crippen LogP contribution in [0.25, 0.3) is 0 Å². The van der Waals surface area contributed by atoms with E-state index in [1.807, 2.05) is 0 Å². The standard InChI is InChI=1S/C18H20N2O5/c1-12(15-9-14(23-2)6-7-16(15)24-3)20-17(21)11-25-18(22)13-5-4-8-19-10-13/h4-10,12H,11H2,1-3H3,(H,20,21)/t12-/m0/s1. The first-order valence-corrected chi connectivity index (χ1v) is 7.63. The SMILES string of the molecule is COc1ccc(OC)c([C@H](C)NC(=O)COC(=O)c2cccnc2)c1. The fourth-order valence-corrected chi connectivity index (χ4v) is 2.24. The Balaban J connectivity index is 1.95. The summed E-state index contributed by atoms with van der Waals surface area (Å²) >= 11 is 0. The summed E-state index contributed by atoms with van der Waals surface area (Å²) in [6.45, 7) is 1.42. The maximum Gasteiger partial charge on any atom is 0.340 e. The predicted octanol–water partition coefficient (Wildman–Crippen LogP) is 2.13. The number of carbonyl (C=O) groups is 2. The molecule has 0 aliphatic carbocycles. The minimum absolute atomic E-state index is 0.290. The third-order valence-electron chi connectivity index (χ3n) is 3.51. The monoisotopic (exact) mass is 344 g/mol. The van der Waals surface area contributed by atoms with Crippen LogP contribution in [-0.2, 0) is 9.53 Å². The Morgan fingerprint density at radius 2 is 2.00 bits per heavy atom. The van der Waals surface area contributed by atoms with Crippen molar-refractivity contribution < 1.29 is 23.8 Å². The Kier molecular flexibility index (Phi) is 6.33. The van der Waals surface area contributed by atoms with E-state index in [1.165, 1.54) is 6.20 Å². The molecule has 7 heteroatoms. The third-order valence-corrected chi connectivity index (χ3v) is 3.51. The molecule has 1 aromatic heterocycles. The van der Waals surface area contributed by atoms with Gasteiger partial charge in [0.15, 0.2) is 6.61 Å². The summed E-state index contributed by atoms with van der Waals surface area (Å²) in [5.41, 5.74) is 1.05. The highest BCUT2D eigenvalue weighted by atomic mass is 16.5. The number of amides is 1. The van der Waals surface area contributed by atoms with Gasteiger partial charge in [-0.25, -0.2) is 4.79 Å². The average Bonchev–Trinajstić information content (AvgIpc) is 2.66. The predicted molar refractivity (Wildman–Crippen MR) is 90.6 cm³/mol. The summed E-state index contributed by atoms with van der Waals surface area (Å²) < 4.78 is 15.5. The van der Waals surface area contributed by atoms with Gasteiger partial charge < -0.3 is 19.5 Å². The normalized spacial score (nSPS) is 11.3. The number of rotatable bonds is 7. The van der Waals surface area contributed by atoms with E-state index in [4.69, 9.17) is 14.2 Å². The first-order valence-electron chi connectivity index (χ1n) is 7.63. The molecule has 1 heterocycles. The molecule has 0 bridgehead atoms. The largest absolute Gasteiger partial charge is 0.497 e. The smallest absolute Gasteiger partial charge is 0.340 e. The molecule has 2 rings (SSSR count). The van der Waals surface area contributed by atoms with Crippen molar-refractivity contribution in [3.63, 3.8) is 0 Å². The number of esters is 1. The average molecular weight is 344 g/mol. The number of pyridine rings is 1. The first-order chi connectivity index (χ1) is 12.0. The molecule has 1 amide bonds. The molecule has 0 saturated carbocycles. The number of carbonyl (C=O) groups excluding carboxylic acids is 2. The lowest BCUT2D eigenvalue weighted by atomic mass is 10.1. The van der Waals surface area contributed by atoms with Gasteiger partial charge in [0.2, 0.25) is 0 Å². The van der Waals surface area contributed by atoms with E-state index in [9.17, 15) is 9.59 Å². The second kappa shape index (κ2) is 8.68. The van der Waals surface area contributed by atoms with Gasteiger partial charge in [-0.3, -0.25) is 9.78 Å². The summed E-state index contributed by atoms with van der Waals surface area (Å²) in [5.74, 6) is 0.255. The van der Waals surface area contributed by atoms with Gasteiger partial charge in [-0.1, -0.05) is 0 Å². The Morgan fingerprint density at radius 1 is 1.20 bits per heavy atom. The Hall–Kier alpha value is -3.09. The van der Waals surface area contributed by atoms with E-state index in [-0.39, 0.29) is 18.2 Å². The summed E-state index contributed by atoms with van der Waals surface area (Å²) in [6, 6.07) is 8.15. The molecule has 0 fully saturated rings. The Bertz CT molecular complexity index is 734. The number of hydrogen-bond donors (Lipinski definition) is 1. The Morgan fingerprint density at radius 3 is 2.64 bits per heavy atom. The second-order valence-corrected chi connectivity index (χ2v) is 5.21. The van der Waals surface area contributed by atoms with E-state index in [0.717, 1.165) is 5.56 Å². The molecule has 1 atom stereocenters. The molecule has 7 nitrogen and oxygen atoms in total. The van der Waals surface area contributed by atoms with Crippen molar-refractivity contribution in [3.05, 3.63) is 53.9 Å². The van der Waals surface area contributed by atoms with Crippen molar-refractivity contribution in [1.82, 2.24) is 10.3 Å². The lowest BCUT2D eigenvalue weighted by molar-refractivity contribution is -0.124. The molecule has 1 N–H and O–H groups in total. The molecule has 0 aliphatic heterocycles. The second-order valence-electron chi connectivity index (χ2n) is 5.21. The molecule has 0 spiro atoms. The van der Waals surface area contributed by atoms with Crippen LogP contribution in [0.15, 0.2) is 42.7 Å². The molecule has 2 aromatic rings. The summed E-state index contributed by atoms with van der Waals surface area (Å²) in [7, 11) is 3.11. The van der Waals surface area contributed by atoms with Crippen molar-refractivity contribution in [2.45, 2.75) is 13.0 Å². The summed E-state index contributed by atoms with van der Waals surface area (Å²) in [4.78, 5) is 27.7. The topological polar surface area (TPSA) is 86.8 Å². The van der Waals surface area contributed by atoms with Gasteiger partial charge >= 0.3 is 5.97 Å². The maximum atomic E-state index is 12.0. The summed E-state index contributed by atoms with van der Waals surface area (Å²) in [5, 5.41) is 2.76. The minimum atomic E-state index is -0.602. The van der Waals surface area contributed by atoms with E-state index >= 15 is 0 Å². The zero-order chi connectivity index (χ0) is 18.2. The number of ether oxygens (including phenoxy) is 3. The van der Waals surface area contributed by atoms with Crippen LogP contribution in [0.1, 0.15) is 28.9 Å². The molecule has 0 unspecified atom stereocenters. The van der Waals surface area contributed by atoms with Crippen molar-refractivity contribution in [2.75, 3.05) is 20.8 Å². The van der Waals surface area contributed by atoms with Gasteiger partial charge in [0.05, 0.1) is 25.8 Å². The number of benzene rings is 1. The van der Waals surface area contributed by atoms with E-state index in [2.05, 4.69) is 10.3 Å². The highest BCUT2D eigenvalue weighted by Gasteiger charge is 2.16. The number of hydrogen-bond acceptors (Lipinski definition) is 6. The van der Waals surface area contributed by atoms with E-state index in [1.54, 1.807) is 57.7 Å². The quantitative estimate of drug-likeness (QED) is 0.775. The van der Waals surface area contributed by atoms with Gasteiger partial charge in [0, 0.05) is 18.0 Å². The van der Waals surface area contributed by atoms with Crippen LogP contribution in [0.5, 0.6) is 11.5 Å². The number of methoxy groups -OCH3 is 2. The first kappa shape index (κ1) is 18.3. The number of aromatic nitrogens is 1. The van der Waals surface area contributed by atoms with E-state index in [0.29, 0.717) is 11.5 Å². The lowest BCUT2D eigenvalue weighted by Crippen LogP contribution is -2.31. The van der Waals surface area contributed by atoms with Crippen LogP contribution < -0.4 is 14.8 Å². The molecular formula is C18H20N2O5. The maximum absolute atomic E-state index is 12.0. The lowest BCUT2D eigenvalue weighted by Gasteiger charge is -2.18. The van der Waals surface area contributed by atoms with Crippen LogP contribution in [-0.4, -0.2) is 37.7 Å². The zero-order valence-electron chi connectivity index (χ0n) is 14.3. The Labute approximate surface area is 145 Å². The van der Waals surface area contributed by atoms with Gasteiger partial charge in [0.1, 0.15) is 11.5 Å². The van der Waals surface area contributed by atoms with Crippen molar-refractivity contribution in [1.29, 1.82) is 0 Å². The van der Waals surface area contributed by atoms with Crippen LogP contribution in [0.4, 0.5) is 0 Å². The number of nitrogens with zero attached hydrogens (tertiary/aromatic N) is 1. The van der Waals surface area contributed by atoms with Gasteiger partial charge in [-0.15, -0.1) is 0 Å². The van der Waals surface area contributed by atoms with Gasteiger partial charge in [0.25, 0.3) is 5.91 Å². The molecule has 25 heavy (non-hydrogen) atoms. The van der Waals surface area contributed by atoms with Crippen molar-refractivity contribution in [3.8, 4) is 11.5 Å². The third kappa shape index (κ3) is 4.94. The van der Waals surface area contributed by atoms with Crippen molar-refractivity contribution in [2.24, 2.45) is 0 Å². The van der Waals surface area contributed by atoms with Crippen LogP contribution >= 0.6 is 0 Å². The highest BCUT2D eigenvalue weighted by molar-refractivity contribution is 5.91. The van der Waals surface area contributed by atoms with Gasteiger partial charge in [-0.2, -0.15) is 0 Å².